The van der Waals surface area contributed by atoms with Crippen LogP contribution in [0.3, 0.4) is 0 Å². The van der Waals surface area contributed by atoms with E-state index in [-0.39, 0.29) is 35.3 Å². The summed E-state index contributed by atoms with van der Waals surface area (Å²) in [6.07, 6.45) is 3.81. The molecule has 0 radical (unpaired) electrons. The van der Waals surface area contributed by atoms with Gasteiger partial charge in [0.25, 0.3) is 11.8 Å². The number of hydrogen-bond acceptors (Lipinski definition) is 9. The van der Waals surface area contributed by atoms with Gasteiger partial charge in [-0.25, -0.2) is 0 Å². The summed E-state index contributed by atoms with van der Waals surface area (Å²) in [7, 11) is 7.05. The highest BCUT2D eigenvalue weighted by atomic mass is 16.6. The van der Waals surface area contributed by atoms with Crippen molar-refractivity contribution in [3.05, 3.63) is 57.6 Å². The highest BCUT2D eigenvalue weighted by Gasteiger charge is 2.22. The highest BCUT2D eigenvalue weighted by Crippen LogP contribution is 2.27. The first-order chi connectivity index (χ1) is 19.1. The van der Waals surface area contributed by atoms with Crippen molar-refractivity contribution in [2.24, 2.45) is 0 Å². The number of amides is 2. The molecule has 2 aliphatic heterocycles. The third kappa shape index (κ3) is 8.55. The Morgan fingerprint density at radius 1 is 0.825 bits per heavy atom. The van der Waals surface area contributed by atoms with Gasteiger partial charge in [-0.2, -0.15) is 0 Å². The van der Waals surface area contributed by atoms with Gasteiger partial charge in [0.05, 0.1) is 24.8 Å². The van der Waals surface area contributed by atoms with Crippen LogP contribution in [-0.4, -0.2) is 93.1 Å². The van der Waals surface area contributed by atoms with Crippen molar-refractivity contribution in [1.29, 1.82) is 0 Å². The number of ether oxygens (including phenoxy) is 2. The summed E-state index contributed by atoms with van der Waals surface area (Å²) in [6.45, 7) is 3.95. The zero-order valence-electron chi connectivity index (χ0n) is 23.6. The summed E-state index contributed by atoms with van der Waals surface area (Å²) >= 11 is 0. The molecule has 2 aliphatic rings. The van der Waals surface area contributed by atoms with Crippen molar-refractivity contribution in [2.75, 3.05) is 60.2 Å². The molecule has 4 N–H and O–H groups in total. The van der Waals surface area contributed by atoms with Gasteiger partial charge in [0.1, 0.15) is 5.75 Å². The molecule has 0 saturated carbocycles. The van der Waals surface area contributed by atoms with E-state index in [9.17, 15) is 19.7 Å². The van der Waals surface area contributed by atoms with Gasteiger partial charge in [-0.3, -0.25) is 19.7 Å². The Morgan fingerprint density at radius 2 is 1.25 bits per heavy atom. The van der Waals surface area contributed by atoms with Gasteiger partial charge in [-0.05, 0) is 90.2 Å². The number of methoxy groups -OCH3 is 2. The molecule has 12 nitrogen and oxygen atoms in total. The Morgan fingerprint density at radius 3 is 1.68 bits per heavy atom. The van der Waals surface area contributed by atoms with E-state index in [1.165, 1.54) is 25.3 Å². The summed E-state index contributed by atoms with van der Waals surface area (Å²) in [6, 6.07) is 9.65. The van der Waals surface area contributed by atoms with E-state index in [2.05, 4.69) is 34.5 Å². The van der Waals surface area contributed by atoms with Gasteiger partial charge < -0.3 is 35.6 Å². The van der Waals surface area contributed by atoms with Gasteiger partial charge >= 0.3 is 5.69 Å². The molecule has 0 atom stereocenters. The average Bonchev–Trinajstić information content (AvgIpc) is 2.95. The monoisotopic (exact) mass is 556 g/mol. The summed E-state index contributed by atoms with van der Waals surface area (Å²) in [5, 5.41) is 16.9. The van der Waals surface area contributed by atoms with Crippen molar-refractivity contribution in [3.63, 3.8) is 0 Å². The molecule has 40 heavy (non-hydrogen) atoms. The van der Waals surface area contributed by atoms with Crippen LogP contribution in [0.15, 0.2) is 36.4 Å². The molecule has 2 fully saturated rings. The van der Waals surface area contributed by atoms with Crippen LogP contribution in [0.5, 0.6) is 11.5 Å². The number of piperidine rings is 2. The zero-order valence-corrected chi connectivity index (χ0v) is 23.6. The van der Waals surface area contributed by atoms with Crippen LogP contribution < -0.4 is 25.8 Å². The smallest absolute Gasteiger partial charge is 0.310 e. The molecule has 2 amide bonds. The Balaban J connectivity index is 0.000000222. The second-order valence-electron chi connectivity index (χ2n) is 10.2. The number of nitrogens with one attached hydrogen (secondary N) is 2. The number of nitrogens with two attached hydrogens (primary N) is 1. The Bertz CT molecular complexity index is 1180. The second kappa shape index (κ2) is 14.5. The van der Waals surface area contributed by atoms with Gasteiger partial charge in [0.2, 0.25) is 0 Å². The molecule has 218 valence electrons. The first-order valence-electron chi connectivity index (χ1n) is 13.4. The predicted octanol–water partition coefficient (Wildman–Crippen LogP) is 2.53. The van der Waals surface area contributed by atoms with Crippen molar-refractivity contribution < 1.29 is 24.0 Å². The van der Waals surface area contributed by atoms with Crippen molar-refractivity contribution in [1.82, 2.24) is 20.4 Å². The topological polar surface area (TPSA) is 152 Å². The van der Waals surface area contributed by atoms with E-state index in [0.29, 0.717) is 22.6 Å². The minimum Gasteiger partial charge on any atom is -0.495 e. The van der Waals surface area contributed by atoms with Gasteiger partial charge in [0.15, 0.2) is 5.75 Å². The van der Waals surface area contributed by atoms with E-state index in [0.717, 1.165) is 51.9 Å². The molecule has 2 saturated heterocycles. The fourth-order valence-electron chi connectivity index (χ4n) is 4.67. The van der Waals surface area contributed by atoms with Crippen LogP contribution in [0.1, 0.15) is 46.4 Å². The fraction of sp³-hybridized carbons (Fsp3) is 0.500. The van der Waals surface area contributed by atoms with E-state index in [1.807, 2.05) is 0 Å². The van der Waals surface area contributed by atoms with Crippen molar-refractivity contribution >= 4 is 23.2 Å². The fourth-order valence-corrected chi connectivity index (χ4v) is 4.67. The molecule has 2 aromatic rings. The van der Waals surface area contributed by atoms with Crippen LogP contribution in [0.25, 0.3) is 0 Å². The normalized spacial score (nSPS) is 16.8. The molecule has 2 heterocycles. The van der Waals surface area contributed by atoms with Gasteiger partial charge in [0, 0.05) is 35.3 Å². The first-order valence-corrected chi connectivity index (χ1v) is 13.4. The summed E-state index contributed by atoms with van der Waals surface area (Å²) in [5.74, 6) is 0.345. The Labute approximate surface area is 234 Å². The predicted molar refractivity (Wildman–Crippen MR) is 153 cm³/mol. The van der Waals surface area contributed by atoms with Crippen LogP contribution in [0.4, 0.5) is 11.4 Å². The maximum absolute atomic E-state index is 12.2. The Hall–Kier alpha value is -3.90. The maximum atomic E-state index is 12.2. The summed E-state index contributed by atoms with van der Waals surface area (Å²) in [5.41, 5.74) is 7.09. The lowest BCUT2D eigenvalue weighted by Crippen LogP contribution is -2.43. The quantitative estimate of drug-likeness (QED) is 0.265. The number of hydrogen-bond donors (Lipinski definition) is 3. The molecular formula is C28H40N6O6. The minimum atomic E-state index is -0.530. The second-order valence-corrected chi connectivity index (χ2v) is 10.2. The van der Waals surface area contributed by atoms with Gasteiger partial charge in [-0.15, -0.1) is 0 Å². The standard InChI is InChI=1S/C14H19N3O4.C14H21N3O2/c1-16-7-5-11(6-8-16)15-14(18)10-3-4-12(17(19)20)13(9-10)21-2;1-17-7-5-11(6-8-17)16-14(18)10-3-4-12(15)13(9-10)19-2/h3-4,9,11H,5-8H2,1-2H3,(H,15,18);3-4,9,11H,5-8,15H2,1-2H3,(H,16,18). The molecule has 0 spiro atoms. The molecule has 2 aromatic carbocycles. The molecule has 0 bridgehead atoms. The lowest BCUT2D eigenvalue weighted by molar-refractivity contribution is -0.385. The van der Waals surface area contributed by atoms with Crippen molar-refractivity contribution in [3.8, 4) is 11.5 Å². The summed E-state index contributed by atoms with van der Waals surface area (Å²) < 4.78 is 10.1. The number of nitro benzene ring substituents is 1. The third-order valence-electron chi connectivity index (χ3n) is 7.24. The largest absolute Gasteiger partial charge is 0.495 e. The molecule has 0 aromatic heterocycles. The van der Waals surface area contributed by atoms with Crippen LogP contribution in [-0.2, 0) is 0 Å². The third-order valence-corrected chi connectivity index (χ3v) is 7.24. The minimum absolute atomic E-state index is 0.0622. The maximum Gasteiger partial charge on any atom is 0.310 e. The Kier molecular flexibility index (Phi) is 11.1. The number of nitrogens with zero attached hydrogens (tertiary/aromatic N) is 3. The van der Waals surface area contributed by atoms with Crippen LogP contribution >= 0.6 is 0 Å². The van der Waals surface area contributed by atoms with E-state index >= 15 is 0 Å². The number of rotatable bonds is 7. The number of benzene rings is 2. The number of nitrogen functional groups attached to an aromatic ring is 1. The molecule has 0 unspecified atom stereocenters. The van der Waals surface area contributed by atoms with Crippen LogP contribution in [0, 0.1) is 10.1 Å². The summed E-state index contributed by atoms with van der Waals surface area (Å²) in [4.78, 5) is 39.1. The SMILES string of the molecule is COc1cc(C(=O)NC2CCN(C)CC2)ccc1N.COc1cc(C(=O)NC2CCN(C)CC2)ccc1[N+](=O)[O-]. The zero-order chi connectivity index (χ0) is 29.2. The highest BCUT2D eigenvalue weighted by molar-refractivity contribution is 5.96. The number of likely N-dealkylation sites (tertiary alicyclic amines) is 2. The molecular weight excluding hydrogens is 516 g/mol. The first kappa shape index (κ1) is 30.6. The number of anilines is 1. The van der Waals surface area contributed by atoms with E-state index < -0.39 is 4.92 Å². The van der Waals surface area contributed by atoms with Crippen molar-refractivity contribution in [2.45, 2.75) is 37.8 Å². The van der Waals surface area contributed by atoms with Gasteiger partial charge in [-0.1, -0.05) is 0 Å². The molecule has 12 heteroatoms. The lowest BCUT2D eigenvalue weighted by atomic mass is 10.0. The van der Waals surface area contributed by atoms with E-state index in [4.69, 9.17) is 15.2 Å². The van der Waals surface area contributed by atoms with Crippen LogP contribution in [0.2, 0.25) is 0 Å². The number of carbonyl (C=O) groups is 2. The average molecular weight is 557 g/mol. The number of nitro groups is 1. The molecule has 4 rings (SSSR count). The van der Waals surface area contributed by atoms with E-state index in [1.54, 1.807) is 25.3 Å². The number of carbonyl (C=O) groups excluding carboxylic acids is 2. The molecule has 0 aliphatic carbocycles. The lowest BCUT2D eigenvalue weighted by Gasteiger charge is -2.29.